The average molecular weight is 415 g/mol. The second-order valence-electron chi connectivity index (χ2n) is 6.52. The molecule has 30 heavy (non-hydrogen) atoms. The van der Waals surface area contributed by atoms with Crippen LogP contribution >= 0.6 is 0 Å². The van der Waals surface area contributed by atoms with Crippen LogP contribution in [0.15, 0.2) is 47.5 Å². The van der Waals surface area contributed by atoms with Crippen molar-refractivity contribution in [3.63, 3.8) is 0 Å². The van der Waals surface area contributed by atoms with Crippen LogP contribution in [0, 0.1) is 0 Å². The van der Waals surface area contributed by atoms with E-state index in [1.165, 1.54) is 7.11 Å². The second kappa shape index (κ2) is 11.5. The summed E-state index contributed by atoms with van der Waals surface area (Å²) in [6.45, 7) is 3.92. The lowest BCUT2D eigenvalue weighted by atomic mass is 10.2. The Kier molecular flexibility index (Phi) is 8.80. The molecular formula is C22H30N4O4. The van der Waals surface area contributed by atoms with Crippen molar-refractivity contribution in [1.82, 2.24) is 10.2 Å². The maximum Gasteiger partial charge on any atom is 0.411 e. The maximum atomic E-state index is 11.3. The summed E-state index contributed by atoms with van der Waals surface area (Å²) >= 11 is 0. The number of aliphatic imine (C=N–C) groups is 1. The topological polar surface area (TPSA) is 84.4 Å². The van der Waals surface area contributed by atoms with Crippen molar-refractivity contribution in [1.29, 1.82) is 0 Å². The van der Waals surface area contributed by atoms with E-state index in [0.29, 0.717) is 18.8 Å². The zero-order valence-corrected chi connectivity index (χ0v) is 18.2. The minimum atomic E-state index is -0.495. The zero-order valence-electron chi connectivity index (χ0n) is 18.2. The standard InChI is InChI=1S/C22H30N4O4/c1-6-23-21(24-14-16-7-10-18(11-8-16)25-22(27)30-5)26(2)15-17-9-12-19(28-3)13-20(17)29-4/h7-13H,6,14-15H2,1-5H3,(H,23,24)(H,25,27). The fraction of sp³-hybridized carbons (Fsp3) is 0.364. The fourth-order valence-corrected chi connectivity index (χ4v) is 2.81. The highest BCUT2D eigenvalue weighted by Crippen LogP contribution is 2.25. The molecule has 0 atom stereocenters. The van der Waals surface area contributed by atoms with E-state index < -0.39 is 6.09 Å². The van der Waals surface area contributed by atoms with Gasteiger partial charge in [0.2, 0.25) is 0 Å². The van der Waals surface area contributed by atoms with Crippen molar-refractivity contribution in [2.24, 2.45) is 4.99 Å². The van der Waals surface area contributed by atoms with Gasteiger partial charge in [0.1, 0.15) is 11.5 Å². The van der Waals surface area contributed by atoms with Crippen molar-refractivity contribution in [2.75, 3.05) is 40.2 Å². The Morgan fingerprint density at radius 1 is 1.07 bits per heavy atom. The highest BCUT2D eigenvalue weighted by molar-refractivity contribution is 5.84. The van der Waals surface area contributed by atoms with E-state index in [-0.39, 0.29) is 0 Å². The van der Waals surface area contributed by atoms with E-state index in [9.17, 15) is 4.79 Å². The number of hydrogen-bond acceptors (Lipinski definition) is 5. The molecule has 0 saturated heterocycles. The van der Waals surface area contributed by atoms with Crippen molar-refractivity contribution in [3.8, 4) is 11.5 Å². The summed E-state index contributed by atoms with van der Waals surface area (Å²) in [6.07, 6.45) is -0.495. The molecule has 8 nitrogen and oxygen atoms in total. The summed E-state index contributed by atoms with van der Waals surface area (Å²) in [5.41, 5.74) is 2.73. The number of rotatable bonds is 8. The van der Waals surface area contributed by atoms with E-state index in [2.05, 4.69) is 15.4 Å². The SMILES string of the molecule is CCNC(=NCc1ccc(NC(=O)OC)cc1)N(C)Cc1ccc(OC)cc1OC. The lowest BCUT2D eigenvalue weighted by Gasteiger charge is -2.23. The smallest absolute Gasteiger partial charge is 0.411 e. The molecule has 0 aliphatic rings. The predicted molar refractivity (Wildman–Crippen MR) is 118 cm³/mol. The largest absolute Gasteiger partial charge is 0.497 e. The van der Waals surface area contributed by atoms with Gasteiger partial charge in [0.25, 0.3) is 0 Å². The molecule has 0 bridgehead atoms. The Morgan fingerprint density at radius 2 is 1.80 bits per heavy atom. The van der Waals surface area contributed by atoms with E-state index in [1.54, 1.807) is 14.2 Å². The molecule has 1 amide bonds. The van der Waals surface area contributed by atoms with Crippen LogP contribution in [0.3, 0.4) is 0 Å². The molecule has 0 aliphatic heterocycles. The van der Waals surface area contributed by atoms with Gasteiger partial charge in [0.05, 0.1) is 27.9 Å². The zero-order chi connectivity index (χ0) is 21.9. The normalized spacial score (nSPS) is 10.9. The highest BCUT2D eigenvalue weighted by atomic mass is 16.5. The summed E-state index contributed by atoms with van der Waals surface area (Å²) in [5, 5.41) is 5.94. The van der Waals surface area contributed by atoms with Gasteiger partial charge in [-0.3, -0.25) is 5.32 Å². The van der Waals surface area contributed by atoms with Gasteiger partial charge in [0.15, 0.2) is 5.96 Å². The van der Waals surface area contributed by atoms with Gasteiger partial charge in [0, 0.05) is 37.5 Å². The lowest BCUT2D eigenvalue weighted by molar-refractivity contribution is 0.187. The predicted octanol–water partition coefficient (Wildman–Crippen LogP) is 3.48. The first-order valence-corrected chi connectivity index (χ1v) is 9.65. The first-order valence-electron chi connectivity index (χ1n) is 9.65. The number of ether oxygens (including phenoxy) is 3. The van der Waals surface area contributed by atoms with Crippen molar-refractivity contribution < 1.29 is 19.0 Å². The molecule has 0 radical (unpaired) electrons. The van der Waals surface area contributed by atoms with Crippen LogP contribution in [0.2, 0.25) is 0 Å². The van der Waals surface area contributed by atoms with Gasteiger partial charge in [-0.2, -0.15) is 0 Å². The minimum absolute atomic E-state index is 0.495. The molecule has 8 heteroatoms. The van der Waals surface area contributed by atoms with Crippen LogP contribution in [-0.2, 0) is 17.8 Å². The number of carbonyl (C=O) groups excluding carboxylic acids is 1. The van der Waals surface area contributed by atoms with Crippen LogP contribution in [0.4, 0.5) is 10.5 Å². The first kappa shape index (κ1) is 22.9. The third kappa shape index (κ3) is 6.58. The number of nitrogens with zero attached hydrogens (tertiary/aromatic N) is 2. The Morgan fingerprint density at radius 3 is 2.40 bits per heavy atom. The number of nitrogens with one attached hydrogen (secondary N) is 2. The molecule has 162 valence electrons. The molecule has 0 saturated carbocycles. The lowest BCUT2D eigenvalue weighted by Crippen LogP contribution is -2.38. The Bertz CT molecular complexity index is 853. The molecule has 2 rings (SSSR count). The maximum absolute atomic E-state index is 11.3. The van der Waals surface area contributed by atoms with Crippen LogP contribution in [0.1, 0.15) is 18.1 Å². The number of methoxy groups -OCH3 is 3. The Balaban J connectivity index is 2.08. The summed E-state index contributed by atoms with van der Waals surface area (Å²) in [7, 11) is 6.60. The fourth-order valence-electron chi connectivity index (χ4n) is 2.81. The second-order valence-corrected chi connectivity index (χ2v) is 6.52. The van der Waals surface area contributed by atoms with Gasteiger partial charge in [-0.05, 0) is 36.8 Å². The monoisotopic (exact) mass is 414 g/mol. The number of guanidine groups is 1. The minimum Gasteiger partial charge on any atom is -0.497 e. The van der Waals surface area contributed by atoms with Crippen LogP contribution in [0.5, 0.6) is 11.5 Å². The third-order valence-electron chi connectivity index (χ3n) is 4.40. The van der Waals surface area contributed by atoms with E-state index in [1.807, 2.05) is 61.3 Å². The highest BCUT2D eigenvalue weighted by Gasteiger charge is 2.11. The van der Waals surface area contributed by atoms with E-state index in [0.717, 1.165) is 35.1 Å². The van der Waals surface area contributed by atoms with Gasteiger partial charge >= 0.3 is 6.09 Å². The molecule has 2 aromatic carbocycles. The molecule has 2 N–H and O–H groups in total. The van der Waals surface area contributed by atoms with Gasteiger partial charge in [-0.1, -0.05) is 12.1 Å². The number of hydrogen-bond donors (Lipinski definition) is 2. The van der Waals surface area contributed by atoms with E-state index >= 15 is 0 Å². The number of benzene rings is 2. The van der Waals surface area contributed by atoms with Crippen LogP contribution in [-0.4, -0.2) is 51.9 Å². The molecule has 0 spiro atoms. The Labute approximate surface area is 177 Å². The van der Waals surface area contributed by atoms with Gasteiger partial charge in [-0.25, -0.2) is 9.79 Å². The number of anilines is 1. The van der Waals surface area contributed by atoms with Gasteiger partial charge < -0.3 is 24.4 Å². The molecule has 0 aliphatic carbocycles. The Hall–Kier alpha value is -3.42. The first-order chi connectivity index (χ1) is 14.5. The summed E-state index contributed by atoms with van der Waals surface area (Å²) in [5.74, 6) is 2.31. The van der Waals surface area contributed by atoms with Gasteiger partial charge in [-0.15, -0.1) is 0 Å². The third-order valence-corrected chi connectivity index (χ3v) is 4.40. The van der Waals surface area contributed by atoms with E-state index in [4.69, 9.17) is 14.5 Å². The van der Waals surface area contributed by atoms with Crippen molar-refractivity contribution >= 4 is 17.7 Å². The molecule has 0 fully saturated rings. The molecule has 0 heterocycles. The van der Waals surface area contributed by atoms with Crippen LogP contribution in [0.25, 0.3) is 0 Å². The summed E-state index contributed by atoms with van der Waals surface area (Å²) in [4.78, 5) is 18.0. The number of carbonyl (C=O) groups is 1. The molecule has 0 unspecified atom stereocenters. The average Bonchev–Trinajstić information content (AvgIpc) is 2.77. The molecule has 0 aromatic heterocycles. The quantitative estimate of drug-likeness (QED) is 0.508. The summed E-state index contributed by atoms with van der Waals surface area (Å²) in [6, 6.07) is 13.3. The molecule has 2 aromatic rings. The summed E-state index contributed by atoms with van der Waals surface area (Å²) < 4.78 is 15.4. The molecular weight excluding hydrogens is 384 g/mol. The number of amides is 1. The van der Waals surface area contributed by atoms with Crippen LogP contribution < -0.4 is 20.1 Å². The van der Waals surface area contributed by atoms with Crippen molar-refractivity contribution in [2.45, 2.75) is 20.0 Å². The van der Waals surface area contributed by atoms with Crippen molar-refractivity contribution in [3.05, 3.63) is 53.6 Å².